The molecule has 0 aromatic heterocycles. The molecule has 4 rings (SSSR count). The van der Waals surface area contributed by atoms with Gasteiger partial charge in [-0.25, -0.2) is 0 Å². The molecule has 2 N–H and O–H groups in total. The Kier molecular flexibility index (Phi) is 4.85. The molecule has 3 nitrogen and oxygen atoms in total. The number of hydrogen-bond acceptors (Lipinski definition) is 3. The van der Waals surface area contributed by atoms with Crippen LogP contribution in [0.15, 0.2) is 47.5 Å². The molecule has 2 aliphatic heterocycles. The third-order valence-corrected chi connectivity index (χ3v) is 6.17. The van der Waals surface area contributed by atoms with Gasteiger partial charge in [0.2, 0.25) is 0 Å². The summed E-state index contributed by atoms with van der Waals surface area (Å²) in [6.45, 7) is 0.613. The van der Waals surface area contributed by atoms with E-state index in [0.717, 1.165) is 57.2 Å². The predicted molar refractivity (Wildman–Crippen MR) is 111 cm³/mol. The molecule has 1 fully saturated rings. The van der Waals surface area contributed by atoms with E-state index in [-0.39, 0.29) is 5.54 Å². The second-order valence-electron chi connectivity index (χ2n) is 6.43. The lowest BCUT2D eigenvalue weighted by molar-refractivity contribution is 0.560. The van der Waals surface area contributed by atoms with Gasteiger partial charge in [-0.05, 0) is 60.2 Å². The molecule has 25 heavy (non-hydrogen) atoms. The molecule has 1 saturated heterocycles. The summed E-state index contributed by atoms with van der Waals surface area (Å²) in [5, 5.41) is 8.78. The Morgan fingerprint density at radius 1 is 1.00 bits per heavy atom. The van der Waals surface area contributed by atoms with E-state index in [1.54, 1.807) is 0 Å². The number of aliphatic imine (C=N–C) groups is 1. The van der Waals surface area contributed by atoms with Crippen molar-refractivity contribution in [2.24, 2.45) is 4.99 Å². The number of nitrogens with zero attached hydrogens (tertiary/aromatic N) is 1. The average molecular weight is 392 g/mol. The summed E-state index contributed by atoms with van der Waals surface area (Å²) in [5.74, 6) is 3.27. The summed E-state index contributed by atoms with van der Waals surface area (Å²) in [5.41, 5.74) is 3.06. The minimum absolute atomic E-state index is 0.137. The zero-order chi connectivity index (χ0) is 17.3. The normalized spacial score (nSPS) is 20.0. The van der Waals surface area contributed by atoms with E-state index >= 15 is 0 Å². The second kappa shape index (κ2) is 7.10. The van der Waals surface area contributed by atoms with Gasteiger partial charge in [-0.3, -0.25) is 4.99 Å². The fourth-order valence-electron chi connectivity index (χ4n) is 3.37. The van der Waals surface area contributed by atoms with Gasteiger partial charge in [-0.15, -0.1) is 0 Å². The molecule has 2 aliphatic rings. The molecule has 0 radical (unpaired) electrons. The maximum Gasteiger partial charge on any atom is 0.127 e. The van der Waals surface area contributed by atoms with E-state index in [1.807, 2.05) is 48.2 Å². The van der Waals surface area contributed by atoms with E-state index in [9.17, 15) is 0 Å². The van der Waals surface area contributed by atoms with Gasteiger partial charge in [0, 0.05) is 10.0 Å². The van der Waals surface area contributed by atoms with Crippen molar-refractivity contribution < 1.29 is 0 Å². The van der Waals surface area contributed by atoms with Crippen molar-refractivity contribution in [2.45, 2.75) is 24.9 Å². The van der Waals surface area contributed by atoms with Crippen LogP contribution in [0.3, 0.4) is 0 Å². The van der Waals surface area contributed by atoms with Gasteiger partial charge in [0.1, 0.15) is 5.84 Å². The molecule has 0 amide bonds. The van der Waals surface area contributed by atoms with Gasteiger partial charge in [0.05, 0.1) is 23.5 Å². The van der Waals surface area contributed by atoms with Crippen molar-refractivity contribution in [3.8, 4) is 0 Å². The van der Waals surface area contributed by atoms with Crippen LogP contribution in [0.5, 0.6) is 0 Å². The minimum Gasteiger partial charge on any atom is -0.371 e. The van der Waals surface area contributed by atoms with Gasteiger partial charge in [0.15, 0.2) is 0 Å². The molecular formula is C19H19Cl2N3S. The quantitative estimate of drug-likeness (QED) is 0.689. The van der Waals surface area contributed by atoms with Crippen molar-refractivity contribution in [1.29, 1.82) is 0 Å². The van der Waals surface area contributed by atoms with E-state index in [1.165, 1.54) is 0 Å². The number of benzene rings is 2. The van der Waals surface area contributed by atoms with Crippen molar-refractivity contribution in [3.05, 3.63) is 58.1 Å². The number of rotatable bonds is 2. The van der Waals surface area contributed by atoms with Crippen molar-refractivity contribution in [2.75, 3.05) is 22.1 Å². The van der Waals surface area contributed by atoms with Crippen molar-refractivity contribution in [3.63, 3.8) is 0 Å². The van der Waals surface area contributed by atoms with Gasteiger partial charge in [0.25, 0.3) is 0 Å². The van der Waals surface area contributed by atoms with Crippen LogP contribution in [-0.2, 0) is 6.54 Å². The van der Waals surface area contributed by atoms with Crippen LogP contribution in [0, 0.1) is 0 Å². The Morgan fingerprint density at radius 3 is 2.60 bits per heavy atom. The standard InChI is InChI=1S/C19H19Cl2N3S/c20-14-3-1-2-13(10-14)12-22-18-19(6-8-25-9-7-19)24-17-11-15(21)4-5-16(17)23-18/h1-5,10-11,24H,6-9,12H2,(H,22,23). The Hall–Kier alpha value is -1.36. The maximum atomic E-state index is 6.18. The number of nitrogens with one attached hydrogen (secondary N) is 2. The Morgan fingerprint density at radius 2 is 1.80 bits per heavy atom. The molecule has 2 heterocycles. The molecule has 6 heteroatoms. The zero-order valence-electron chi connectivity index (χ0n) is 13.7. The van der Waals surface area contributed by atoms with Gasteiger partial charge in [-0.1, -0.05) is 35.3 Å². The highest BCUT2D eigenvalue weighted by Crippen LogP contribution is 2.39. The number of hydrogen-bond donors (Lipinski definition) is 2. The molecule has 2 aromatic rings. The molecule has 1 spiro atoms. The van der Waals surface area contributed by atoms with E-state index < -0.39 is 0 Å². The molecule has 0 saturated carbocycles. The molecule has 0 bridgehead atoms. The smallest absolute Gasteiger partial charge is 0.127 e. The van der Waals surface area contributed by atoms with Crippen LogP contribution < -0.4 is 10.6 Å². The number of anilines is 2. The fraction of sp³-hybridized carbons (Fsp3) is 0.316. The lowest BCUT2D eigenvalue weighted by Crippen LogP contribution is -2.54. The second-order valence-corrected chi connectivity index (χ2v) is 8.53. The highest BCUT2D eigenvalue weighted by molar-refractivity contribution is 7.99. The van der Waals surface area contributed by atoms with Gasteiger partial charge < -0.3 is 10.6 Å². The highest BCUT2D eigenvalue weighted by Gasteiger charge is 2.41. The predicted octanol–water partition coefficient (Wildman–Crippen LogP) is 5.70. The third kappa shape index (κ3) is 3.62. The summed E-state index contributed by atoms with van der Waals surface area (Å²) >= 11 is 14.3. The Balaban J connectivity index is 1.68. The van der Waals surface area contributed by atoms with Gasteiger partial charge in [-0.2, -0.15) is 11.8 Å². The molecule has 2 aromatic carbocycles. The first-order chi connectivity index (χ1) is 12.1. The lowest BCUT2D eigenvalue weighted by atomic mass is 9.87. The first-order valence-corrected chi connectivity index (χ1v) is 10.3. The van der Waals surface area contributed by atoms with Gasteiger partial charge >= 0.3 is 0 Å². The minimum atomic E-state index is -0.137. The van der Waals surface area contributed by atoms with Crippen molar-refractivity contribution in [1.82, 2.24) is 0 Å². The summed E-state index contributed by atoms with van der Waals surface area (Å²) in [6.07, 6.45) is 2.09. The van der Waals surface area contributed by atoms with E-state index in [0.29, 0.717) is 6.54 Å². The van der Waals surface area contributed by atoms with Crippen LogP contribution in [0.25, 0.3) is 0 Å². The average Bonchev–Trinajstić information content (AvgIpc) is 2.61. The SMILES string of the molecule is Clc1cccc(CN=C2Nc3ccc(Cl)cc3NC23CCSCC3)c1. The summed E-state index contributed by atoms with van der Waals surface area (Å²) in [6, 6.07) is 13.8. The maximum absolute atomic E-state index is 6.18. The zero-order valence-corrected chi connectivity index (χ0v) is 16.0. The molecule has 0 unspecified atom stereocenters. The number of fused-ring (bicyclic) bond motifs is 1. The largest absolute Gasteiger partial charge is 0.371 e. The molecule has 130 valence electrons. The lowest BCUT2D eigenvalue weighted by Gasteiger charge is -2.43. The van der Waals surface area contributed by atoms with E-state index in [4.69, 9.17) is 28.2 Å². The van der Waals surface area contributed by atoms with Crippen LogP contribution in [0.2, 0.25) is 10.0 Å². The Bertz CT molecular complexity index is 816. The first-order valence-electron chi connectivity index (χ1n) is 8.37. The number of thioether (sulfide) groups is 1. The number of amidine groups is 1. The summed E-state index contributed by atoms with van der Waals surface area (Å²) < 4.78 is 0. The van der Waals surface area contributed by atoms with Crippen LogP contribution in [0.1, 0.15) is 18.4 Å². The van der Waals surface area contributed by atoms with Crippen LogP contribution >= 0.6 is 35.0 Å². The highest BCUT2D eigenvalue weighted by atomic mass is 35.5. The van der Waals surface area contributed by atoms with Crippen LogP contribution in [-0.4, -0.2) is 22.9 Å². The summed E-state index contributed by atoms with van der Waals surface area (Å²) in [4.78, 5) is 4.93. The molecule has 0 aliphatic carbocycles. The third-order valence-electron chi connectivity index (χ3n) is 4.72. The van der Waals surface area contributed by atoms with E-state index in [2.05, 4.69) is 16.7 Å². The van der Waals surface area contributed by atoms with Crippen molar-refractivity contribution >= 4 is 52.2 Å². The van der Waals surface area contributed by atoms with Crippen LogP contribution in [0.4, 0.5) is 11.4 Å². The number of halogens is 2. The molecule has 0 atom stereocenters. The summed E-state index contributed by atoms with van der Waals surface area (Å²) in [7, 11) is 0. The topological polar surface area (TPSA) is 36.4 Å². The fourth-order valence-corrected chi connectivity index (χ4v) is 4.95. The monoisotopic (exact) mass is 391 g/mol. The Labute approximate surface area is 162 Å². The first kappa shape index (κ1) is 17.1. The molecular weight excluding hydrogens is 373 g/mol.